The number of ether oxygens (including phenoxy) is 1. The molecule has 3 aromatic rings. The van der Waals surface area contributed by atoms with Gasteiger partial charge in [-0.3, -0.25) is 0 Å². The molecule has 0 bridgehead atoms. The summed E-state index contributed by atoms with van der Waals surface area (Å²) in [4.78, 5) is 4.22. The van der Waals surface area contributed by atoms with Gasteiger partial charge in [-0.15, -0.1) is 0 Å². The van der Waals surface area contributed by atoms with Gasteiger partial charge in [0.2, 0.25) is 21.6 Å². The molecule has 0 unspecified atom stereocenters. The molecule has 10 heteroatoms. The van der Waals surface area contributed by atoms with Crippen molar-refractivity contribution >= 4 is 15.9 Å². The SMILES string of the molecule is Cc1oc(-c2nc(C#N)c(NCCc3ccccc3)o2)cc1S(=O)(=O)N1CCOCC1. The predicted octanol–water partition coefficient (Wildman–Crippen LogP) is 2.79. The number of sulfonamides is 1. The Bertz CT molecular complexity index is 1190. The Balaban J connectivity index is 1.53. The van der Waals surface area contributed by atoms with Gasteiger partial charge in [-0.25, -0.2) is 8.42 Å². The lowest BCUT2D eigenvalue weighted by atomic mass is 10.1. The summed E-state index contributed by atoms with van der Waals surface area (Å²) in [7, 11) is -3.72. The van der Waals surface area contributed by atoms with Gasteiger partial charge in [0.15, 0.2) is 5.76 Å². The number of anilines is 1. The summed E-state index contributed by atoms with van der Waals surface area (Å²) in [6.45, 7) is 3.40. The van der Waals surface area contributed by atoms with Gasteiger partial charge in [0.25, 0.3) is 5.89 Å². The number of hydrogen-bond donors (Lipinski definition) is 1. The summed E-state index contributed by atoms with van der Waals surface area (Å²) in [6, 6.07) is 13.3. The minimum atomic E-state index is -3.72. The quantitative estimate of drug-likeness (QED) is 0.593. The van der Waals surface area contributed by atoms with E-state index in [4.69, 9.17) is 13.6 Å². The van der Waals surface area contributed by atoms with Gasteiger partial charge in [0.05, 0.1) is 13.2 Å². The molecule has 0 atom stereocenters. The van der Waals surface area contributed by atoms with Crippen molar-refractivity contribution in [3.8, 4) is 17.7 Å². The smallest absolute Gasteiger partial charge is 0.266 e. The summed E-state index contributed by atoms with van der Waals surface area (Å²) in [5, 5.41) is 12.5. The zero-order chi connectivity index (χ0) is 21.8. The van der Waals surface area contributed by atoms with Crippen molar-refractivity contribution in [2.45, 2.75) is 18.2 Å². The topological polar surface area (TPSA) is 122 Å². The molecule has 1 saturated heterocycles. The standard InChI is InChI=1S/C21H22N4O5S/c1-15-19(31(26,27)25-9-11-28-12-10-25)13-18(29-15)21-24-17(14-22)20(30-21)23-8-7-16-5-3-2-4-6-16/h2-6,13,23H,7-12H2,1H3. The Morgan fingerprint density at radius 2 is 1.94 bits per heavy atom. The van der Waals surface area contributed by atoms with Crippen LogP contribution in [0.5, 0.6) is 0 Å². The Kier molecular flexibility index (Phi) is 6.08. The van der Waals surface area contributed by atoms with Crippen LogP contribution < -0.4 is 5.32 Å². The van der Waals surface area contributed by atoms with Crippen LogP contribution in [-0.4, -0.2) is 50.6 Å². The fraction of sp³-hybridized carbons (Fsp3) is 0.333. The van der Waals surface area contributed by atoms with Gasteiger partial charge >= 0.3 is 0 Å². The van der Waals surface area contributed by atoms with Crippen LogP contribution in [-0.2, 0) is 21.2 Å². The average molecular weight is 442 g/mol. The fourth-order valence-electron chi connectivity index (χ4n) is 3.34. The highest BCUT2D eigenvalue weighted by Gasteiger charge is 2.31. The van der Waals surface area contributed by atoms with Gasteiger partial charge in [-0.2, -0.15) is 14.6 Å². The normalized spacial score (nSPS) is 15.0. The fourth-order valence-corrected chi connectivity index (χ4v) is 4.91. The Morgan fingerprint density at radius 1 is 1.19 bits per heavy atom. The monoisotopic (exact) mass is 442 g/mol. The average Bonchev–Trinajstić information content (AvgIpc) is 3.39. The number of morpholine rings is 1. The minimum absolute atomic E-state index is 0.0466. The third kappa shape index (κ3) is 4.49. The lowest BCUT2D eigenvalue weighted by Crippen LogP contribution is -2.40. The maximum absolute atomic E-state index is 13.0. The van der Waals surface area contributed by atoms with E-state index in [9.17, 15) is 13.7 Å². The summed E-state index contributed by atoms with van der Waals surface area (Å²) in [6.07, 6.45) is 0.740. The molecule has 0 spiro atoms. The van der Waals surface area contributed by atoms with E-state index < -0.39 is 10.0 Å². The van der Waals surface area contributed by atoms with Crippen LogP contribution in [0.1, 0.15) is 17.0 Å². The lowest BCUT2D eigenvalue weighted by molar-refractivity contribution is 0.0730. The first-order chi connectivity index (χ1) is 15.0. The van der Waals surface area contributed by atoms with Crippen LogP contribution in [0.4, 0.5) is 5.88 Å². The third-order valence-electron chi connectivity index (χ3n) is 4.95. The van der Waals surface area contributed by atoms with Gasteiger partial charge < -0.3 is 18.9 Å². The zero-order valence-electron chi connectivity index (χ0n) is 17.0. The molecular formula is C21H22N4O5S. The molecule has 1 aliphatic heterocycles. The molecule has 1 N–H and O–H groups in total. The maximum Gasteiger partial charge on any atom is 0.266 e. The maximum atomic E-state index is 13.0. The van der Waals surface area contributed by atoms with Crippen molar-refractivity contribution in [2.75, 3.05) is 38.2 Å². The summed E-state index contributed by atoms with van der Waals surface area (Å²) < 4.78 is 43.8. The first-order valence-electron chi connectivity index (χ1n) is 9.86. The second-order valence-electron chi connectivity index (χ2n) is 7.02. The van der Waals surface area contributed by atoms with Crippen molar-refractivity contribution in [1.29, 1.82) is 5.26 Å². The molecule has 1 aromatic carbocycles. The third-order valence-corrected chi connectivity index (χ3v) is 6.95. The minimum Gasteiger partial charge on any atom is -0.455 e. The zero-order valence-corrected chi connectivity index (χ0v) is 17.8. The summed E-state index contributed by atoms with van der Waals surface area (Å²) >= 11 is 0. The second-order valence-corrected chi connectivity index (χ2v) is 8.92. The molecule has 0 amide bonds. The number of furan rings is 1. The van der Waals surface area contributed by atoms with Crippen LogP contribution in [0.25, 0.3) is 11.7 Å². The highest BCUT2D eigenvalue weighted by Crippen LogP contribution is 2.32. The van der Waals surface area contributed by atoms with E-state index in [0.717, 1.165) is 12.0 Å². The van der Waals surface area contributed by atoms with Crippen LogP contribution >= 0.6 is 0 Å². The molecule has 4 rings (SSSR count). The van der Waals surface area contributed by atoms with E-state index in [2.05, 4.69) is 10.3 Å². The first-order valence-corrected chi connectivity index (χ1v) is 11.3. The largest absolute Gasteiger partial charge is 0.455 e. The molecule has 9 nitrogen and oxygen atoms in total. The molecule has 0 aliphatic carbocycles. The second kappa shape index (κ2) is 8.93. The number of oxazole rings is 1. The molecule has 3 heterocycles. The van der Waals surface area contributed by atoms with E-state index in [0.29, 0.717) is 19.8 Å². The molecule has 2 aromatic heterocycles. The summed E-state index contributed by atoms with van der Waals surface area (Å²) in [5.74, 6) is 0.652. The van der Waals surface area contributed by atoms with Gasteiger partial charge in [-0.1, -0.05) is 30.3 Å². The molecule has 31 heavy (non-hydrogen) atoms. The van der Waals surface area contributed by atoms with Gasteiger partial charge in [-0.05, 0) is 18.9 Å². The molecule has 0 radical (unpaired) electrons. The number of aryl methyl sites for hydroxylation is 1. The number of aromatic nitrogens is 1. The van der Waals surface area contributed by atoms with Crippen molar-refractivity contribution in [1.82, 2.24) is 9.29 Å². The molecule has 0 saturated carbocycles. The number of nitriles is 1. The number of benzene rings is 1. The van der Waals surface area contributed by atoms with Crippen LogP contribution in [0.15, 0.2) is 50.1 Å². The molecule has 1 fully saturated rings. The van der Waals surface area contributed by atoms with E-state index in [1.807, 2.05) is 36.4 Å². The number of nitrogens with one attached hydrogen (secondary N) is 1. The Labute approximate surface area is 180 Å². The number of nitrogens with zero attached hydrogens (tertiary/aromatic N) is 3. The Morgan fingerprint density at radius 3 is 2.65 bits per heavy atom. The van der Waals surface area contributed by atoms with Crippen LogP contribution in [0.2, 0.25) is 0 Å². The van der Waals surface area contributed by atoms with E-state index in [-0.39, 0.29) is 47.0 Å². The van der Waals surface area contributed by atoms with Crippen molar-refractivity contribution < 1.29 is 22.0 Å². The van der Waals surface area contributed by atoms with E-state index >= 15 is 0 Å². The van der Waals surface area contributed by atoms with Gasteiger partial charge in [0.1, 0.15) is 16.7 Å². The van der Waals surface area contributed by atoms with Crippen LogP contribution in [0, 0.1) is 18.3 Å². The highest BCUT2D eigenvalue weighted by atomic mass is 32.2. The molecule has 1 aliphatic rings. The van der Waals surface area contributed by atoms with Crippen molar-refractivity contribution in [3.05, 3.63) is 53.4 Å². The first kappa shape index (κ1) is 21.1. The lowest BCUT2D eigenvalue weighted by Gasteiger charge is -2.25. The predicted molar refractivity (Wildman–Crippen MR) is 112 cm³/mol. The van der Waals surface area contributed by atoms with Gasteiger partial charge in [0, 0.05) is 25.7 Å². The van der Waals surface area contributed by atoms with Crippen molar-refractivity contribution in [2.24, 2.45) is 0 Å². The number of hydrogen-bond acceptors (Lipinski definition) is 8. The number of rotatable bonds is 7. The summed E-state index contributed by atoms with van der Waals surface area (Å²) in [5.41, 5.74) is 1.22. The highest BCUT2D eigenvalue weighted by molar-refractivity contribution is 7.89. The Hall–Kier alpha value is -3.13. The molecular weight excluding hydrogens is 420 g/mol. The van der Waals surface area contributed by atoms with Crippen molar-refractivity contribution in [3.63, 3.8) is 0 Å². The molecule has 162 valence electrons. The van der Waals surface area contributed by atoms with E-state index in [1.165, 1.54) is 10.4 Å². The van der Waals surface area contributed by atoms with Crippen LogP contribution in [0.3, 0.4) is 0 Å². The van der Waals surface area contributed by atoms with E-state index in [1.54, 1.807) is 6.92 Å².